The lowest BCUT2D eigenvalue weighted by molar-refractivity contribution is -0.137. The van der Waals surface area contributed by atoms with Crippen LogP contribution >= 0.6 is 0 Å². The molecule has 3 aliphatic rings. The molecule has 2 heterocycles. The van der Waals surface area contributed by atoms with Crippen molar-refractivity contribution in [3.05, 3.63) is 29.8 Å². The van der Waals surface area contributed by atoms with Crippen LogP contribution in [-0.2, 0) is 20.9 Å². The van der Waals surface area contributed by atoms with Crippen molar-refractivity contribution in [1.82, 2.24) is 15.1 Å². The molecular weight excluding hydrogens is 384 g/mol. The van der Waals surface area contributed by atoms with Gasteiger partial charge in [0, 0.05) is 32.2 Å². The Kier molecular flexibility index (Phi) is 5.49. The molecule has 1 N–H and O–H groups in total. The first-order valence-corrected chi connectivity index (χ1v) is 10.7. The van der Waals surface area contributed by atoms with Crippen LogP contribution in [0.4, 0.5) is 10.5 Å². The minimum Gasteiger partial charge on any atom is -0.350 e. The summed E-state index contributed by atoms with van der Waals surface area (Å²) in [7, 11) is 1.66. The largest absolute Gasteiger partial charge is 0.350 e. The van der Waals surface area contributed by atoms with E-state index in [1.807, 2.05) is 24.3 Å². The molecule has 0 bridgehead atoms. The zero-order chi connectivity index (χ0) is 21.3. The van der Waals surface area contributed by atoms with E-state index in [2.05, 4.69) is 5.32 Å². The van der Waals surface area contributed by atoms with Gasteiger partial charge in [0.1, 0.15) is 12.1 Å². The number of anilines is 1. The van der Waals surface area contributed by atoms with E-state index in [9.17, 15) is 19.2 Å². The molecule has 1 aromatic carbocycles. The SMILES string of the molecule is CN1C(=O)N(CC(=O)NCc2ccc(N3CCCC3=O)cc2)C(=O)C12CCCCC2. The fraction of sp³-hybridized carbons (Fsp3) is 0.545. The van der Waals surface area contributed by atoms with Gasteiger partial charge in [-0.3, -0.25) is 19.3 Å². The molecule has 8 heteroatoms. The van der Waals surface area contributed by atoms with Gasteiger partial charge in [-0.15, -0.1) is 0 Å². The average molecular weight is 412 g/mol. The van der Waals surface area contributed by atoms with Crippen LogP contribution in [0.2, 0.25) is 0 Å². The number of amides is 5. The molecule has 2 aliphatic heterocycles. The maximum atomic E-state index is 13.0. The van der Waals surface area contributed by atoms with Gasteiger partial charge < -0.3 is 15.1 Å². The highest BCUT2D eigenvalue weighted by molar-refractivity contribution is 6.09. The summed E-state index contributed by atoms with van der Waals surface area (Å²) < 4.78 is 0. The van der Waals surface area contributed by atoms with Crippen LogP contribution in [0, 0.1) is 0 Å². The quantitative estimate of drug-likeness (QED) is 0.750. The molecule has 0 radical (unpaired) electrons. The van der Waals surface area contributed by atoms with E-state index >= 15 is 0 Å². The van der Waals surface area contributed by atoms with E-state index in [0.717, 1.165) is 48.4 Å². The van der Waals surface area contributed by atoms with Crippen LogP contribution in [0.25, 0.3) is 0 Å². The van der Waals surface area contributed by atoms with Gasteiger partial charge >= 0.3 is 6.03 Å². The number of rotatable bonds is 5. The van der Waals surface area contributed by atoms with Crippen LogP contribution in [-0.4, -0.2) is 59.2 Å². The number of carbonyl (C=O) groups excluding carboxylic acids is 4. The summed E-state index contributed by atoms with van der Waals surface area (Å²) in [4.78, 5) is 54.2. The zero-order valence-corrected chi connectivity index (χ0v) is 17.4. The summed E-state index contributed by atoms with van der Waals surface area (Å²) in [6.45, 7) is 0.775. The Morgan fingerprint density at radius 1 is 1.03 bits per heavy atom. The molecule has 1 aromatic rings. The van der Waals surface area contributed by atoms with Crippen molar-refractivity contribution in [1.29, 1.82) is 0 Å². The summed E-state index contributed by atoms with van der Waals surface area (Å²) >= 11 is 0. The Balaban J connectivity index is 1.33. The maximum absolute atomic E-state index is 13.0. The van der Waals surface area contributed by atoms with E-state index in [-0.39, 0.29) is 24.3 Å². The van der Waals surface area contributed by atoms with E-state index in [4.69, 9.17) is 0 Å². The van der Waals surface area contributed by atoms with Gasteiger partial charge in [0.05, 0.1) is 0 Å². The molecule has 8 nitrogen and oxygen atoms in total. The van der Waals surface area contributed by atoms with Gasteiger partial charge in [0.25, 0.3) is 5.91 Å². The summed E-state index contributed by atoms with van der Waals surface area (Å²) in [5.74, 6) is -0.474. The lowest BCUT2D eigenvalue weighted by Crippen LogP contribution is -2.49. The molecule has 1 saturated carbocycles. The standard InChI is InChI=1S/C22H28N4O4/c1-24-21(30)26(20(29)22(24)11-3-2-4-12-22)15-18(27)23-14-16-7-9-17(10-8-16)25-13-5-6-19(25)28/h7-10H,2-6,11-15H2,1H3,(H,23,27). The fourth-order valence-corrected chi connectivity index (χ4v) is 4.79. The molecular formula is C22H28N4O4. The third kappa shape index (κ3) is 3.55. The van der Waals surface area contributed by atoms with Crippen molar-refractivity contribution in [3.63, 3.8) is 0 Å². The first kappa shape index (κ1) is 20.4. The molecule has 0 atom stereocenters. The summed E-state index contributed by atoms with van der Waals surface area (Å²) in [5.41, 5.74) is 0.985. The second kappa shape index (κ2) is 8.08. The van der Waals surface area contributed by atoms with Crippen molar-refractivity contribution >= 4 is 29.4 Å². The van der Waals surface area contributed by atoms with Gasteiger partial charge in [-0.05, 0) is 37.0 Å². The van der Waals surface area contributed by atoms with Crippen LogP contribution < -0.4 is 10.2 Å². The molecule has 4 rings (SSSR count). The van der Waals surface area contributed by atoms with Crippen molar-refractivity contribution in [3.8, 4) is 0 Å². The summed E-state index contributed by atoms with van der Waals surface area (Å²) in [6, 6.07) is 7.10. The Morgan fingerprint density at radius 3 is 2.37 bits per heavy atom. The molecule has 0 unspecified atom stereocenters. The number of benzene rings is 1. The normalized spacial score (nSPS) is 21.1. The van der Waals surface area contributed by atoms with Crippen LogP contribution in [0.15, 0.2) is 24.3 Å². The van der Waals surface area contributed by atoms with Gasteiger partial charge in [0.15, 0.2) is 0 Å². The first-order chi connectivity index (χ1) is 14.4. The van der Waals surface area contributed by atoms with Gasteiger partial charge in [0.2, 0.25) is 11.8 Å². The van der Waals surface area contributed by atoms with Crippen molar-refractivity contribution < 1.29 is 19.2 Å². The second-order valence-electron chi connectivity index (χ2n) is 8.42. The third-order valence-corrected chi connectivity index (χ3v) is 6.60. The molecule has 5 amide bonds. The number of imide groups is 1. The first-order valence-electron chi connectivity index (χ1n) is 10.7. The van der Waals surface area contributed by atoms with Gasteiger partial charge in [-0.1, -0.05) is 31.4 Å². The molecule has 1 spiro atoms. The highest BCUT2D eigenvalue weighted by atomic mass is 16.2. The number of urea groups is 1. The monoisotopic (exact) mass is 412 g/mol. The van der Waals surface area contributed by atoms with E-state index < -0.39 is 11.6 Å². The number of nitrogens with one attached hydrogen (secondary N) is 1. The zero-order valence-electron chi connectivity index (χ0n) is 17.4. The Bertz CT molecular complexity index is 860. The number of likely N-dealkylation sites (N-methyl/N-ethyl adjacent to an activating group) is 1. The number of hydrogen-bond donors (Lipinski definition) is 1. The van der Waals surface area contributed by atoms with Crippen molar-refractivity contribution in [2.24, 2.45) is 0 Å². The Labute approximate surface area is 176 Å². The van der Waals surface area contributed by atoms with Crippen LogP contribution in [0.1, 0.15) is 50.5 Å². The molecule has 1 aliphatic carbocycles. The Morgan fingerprint density at radius 2 is 1.73 bits per heavy atom. The molecule has 2 saturated heterocycles. The van der Waals surface area contributed by atoms with Crippen LogP contribution in [0.3, 0.4) is 0 Å². The van der Waals surface area contributed by atoms with Gasteiger partial charge in [-0.25, -0.2) is 4.79 Å². The van der Waals surface area contributed by atoms with Crippen molar-refractivity contribution in [2.45, 2.75) is 57.0 Å². The number of carbonyl (C=O) groups is 4. The van der Waals surface area contributed by atoms with E-state index in [0.29, 0.717) is 25.8 Å². The number of hydrogen-bond acceptors (Lipinski definition) is 4. The predicted molar refractivity (Wildman–Crippen MR) is 111 cm³/mol. The average Bonchev–Trinajstić information content (AvgIpc) is 3.26. The number of nitrogens with zero attached hydrogens (tertiary/aromatic N) is 3. The summed E-state index contributed by atoms with van der Waals surface area (Å²) in [6.07, 6.45) is 5.70. The lowest BCUT2D eigenvalue weighted by Gasteiger charge is -2.35. The Hall–Kier alpha value is -2.90. The molecule has 3 fully saturated rings. The lowest BCUT2D eigenvalue weighted by atomic mass is 9.81. The topological polar surface area (TPSA) is 90.0 Å². The summed E-state index contributed by atoms with van der Waals surface area (Å²) in [5, 5.41) is 2.79. The minimum absolute atomic E-state index is 0.136. The molecule has 0 aromatic heterocycles. The second-order valence-corrected chi connectivity index (χ2v) is 8.42. The highest BCUT2D eigenvalue weighted by Gasteiger charge is 2.55. The van der Waals surface area contributed by atoms with Gasteiger partial charge in [-0.2, -0.15) is 0 Å². The van der Waals surface area contributed by atoms with Crippen LogP contribution in [0.5, 0.6) is 0 Å². The predicted octanol–water partition coefficient (Wildman–Crippen LogP) is 2.03. The van der Waals surface area contributed by atoms with E-state index in [1.165, 1.54) is 4.90 Å². The van der Waals surface area contributed by atoms with Crippen molar-refractivity contribution in [2.75, 3.05) is 25.0 Å². The van der Waals surface area contributed by atoms with E-state index in [1.54, 1.807) is 11.9 Å². The maximum Gasteiger partial charge on any atom is 0.327 e. The molecule has 160 valence electrons. The minimum atomic E-state index is -0.765. The highest BCUT2D eigenvalue weighted by Crippen LogP contribution is 2.39. The fourth-order valence-electron chi connectivity index (χ4n) is 4.79. The smallest absolute Gasteiger partial charge is 0.327 e. The molecule has 30 heavy (non-hydrogen) atoms. The third-order valence-electron chi connectivity index (χ3n) is 6.60.